The van der Waals surface area contributed by atoms with Crippen molar-refractivity contribution < 1.29 is 9.59 Å². The molecule has 0 aliphatic carbocycles. The van der Waals surface area contributed by atoms with Crippen molar-refractivity contribution in [3.8, 4) is 0 Å². The van der Waals surface area contributed by atoms with Gasteiger partial charge >= 0.3 is 6.03 Å². The Morgan fingerprint density at radius 3 is 2.80 bits per heavy atom. The van der Waals surface area contributed by atoms with E-state index in [1.807, 2.05) is 6.42 Å². The zero-order chi connectivity index (χ0) is 7.56. The second kappa shape index (κ2) is 2.68. The number of carbonyl (C=O) groups is 2. The minimum atomic E-state index is -0.652. The van der Waals surface area contributed by atoms with E-state index in [1.54, 1.807) is 0 Å². The smallest absolute Gasteiger partial charge is 0.321 e. The molecule has 10 heavy (non-hydrogen) atoms. The normalized spacial score (nSPS) is 19.2. The number of urea groups is 1. The van der Waals surface area contributed by atoms with Gasteiger partial charge in [-0.1, -0.05) is 0 Å². The third-order valence-corrected chi connectivity index (χ3v) is 1.44. The molecule has 4 nitrogen and oxygen atoms in total. The second-order valence-electron chi connectivity index (χ2n) is 2.17. The van der Waals surface area contributed by atoms with Gasteiger partial charge in [0.1, 0.15) is 0 Å². The molecule has 0 bridgehead atoms. The molecule has 1 fully saturated rings. The van der Waals surface area contributed by atoms with Crippen LogP contribution in [0.4, 0.5) is 4.79 Å². The van der Waals surface area contributed by atoms with Crippen LogP contribution in [-0.4, -0.2) is 23.4 Å². The van der Waals surface area contributed by atoms with Crippen molar-refractivity contribution in [2.45, 2.75) is 12.8 Å². The van der Waals surface area contributed by atoms with Gasteiger partial charge in [-0.15, -0.1) is 0 Å². The van der Waals surface area contributed by atoms with Crippen molar-refractivity contribution in [1.29, 1.82) is 0 Å². The van der Waals surface area contributed by atoms with Crippen molar-refractivity contribution in [3.63, 3.8) is 0 Å². The van der Waals surface area contributed by atoms with Gasteiger partial charge in [-0.05, 0) is 12.8 Å². The Balaban J connectivity index is 2.56. The molecular formula is C6H9N2O2. The third-order valence-electron chi connectivity index (χ3n) is 1.44. The lowest BCUT2D eigenvalue weighted by Gasteiger charge is -2.21. The fraction of sp³-hybridized carbons (Fsp3) is 0.500. The summed E-state index contributed by atoms with van der Waals surface area (Å²) >= 11 is 0. The Labute approximate surface area is 59.0 Å². The summed E-state index contributed by atoms with van der Waals surface area (Å²) in [7, 11) is 0. The molecular weight excluding hydrogens is 132 g/mol. The highest BCUT2D eigenvalue weighted by molar-refractivity contribution is 5.94. The van der Waals surface area contributed by atoms with Gasteiger partial charge in [-0.2, -0.15) is 0 Å². The number of nitrogens with zero attached hydrogens (tertiary/aromatic N) is 1. The molecule has 0 aromatic heterocycles. The van der Waals surface area contributed by atoms with E-state index in [4.69, 9.17) is 5.73 Å². The number of amides is 3. The maximum Gasteiger partial charge on any atom is 0.321 e. The van der Waals surface area contributed by atoms with E-state index in [0.717, 1.165) is 11.3 Å². The zero-order valence-corrected chi connectivity index (χ0v) is 5.54. The first kappa shape index (κ1) is 7.05. The van der Waals surface area contributed by atoms with E-state index in [9.17, 15) is 9.59 Å². The molecule has 0 saturated carbocycles. The third kappa shape index (κ3) is 1.26. The number of nitrogens with two attached hydrogens (primary N) is 1. The number of piperidine rings is 1. The predicted octanol–water partition coefficient (Wildman–Crippen LogP) is -0.108. The maximum atomic E-state index is 10.8. The predicted molar refractivity (Wildman–Crippen MR) is 34.8 cm³/mol. The number of likely N-dealkylation sites (tertiary alicyclic amines) is 1. The van der Waals surface area contributed by atoms with Crippen molar-refractivity contribution in [2.24, 2.45) is 5.73 Å². The lowest BCUT2D eigenvalue weighted by molar-refractivity contribution is -0.128. The average molecular weight is 141 g/mol. The van der Waals surface area contributed by atoms with Crippen LogP contribution < -0.4 is 5.73 Å². The topological polar surface area (TPSA) is 63.4 Å². The van der Waals surface area contributed by atoms with Crippen LogP contribution in [0.3, 0.4) is 0 Å². The Morgan fingerprint density at radius 1 is 1.70 bits per heavy atom. The van der Waals surface area contributed by atoms with E-state index in [2.05, 4.69) is 0 Å². The highest BCUT2D eigenvalue weighted by Crippen LogP contribution is 2.08. The van der Waals surface area contributed by atoms with Gasteiger partial charge in [0, 0.05) is 13.0 Å². The number of hydrogen-bond donors (Lipinski definition) is 1. The van der Waals surface area contributed by atoms with Crippen LogP contribution in [0, 0.1) is 6.42 Å². The first-order valence-electron chi connectivity index (χ1n) is 3.13. The molecule has 0 aromatic carbocycles. The largest absolute Gasteiger partial charge is 0.351 e. The molecule has 0 atom stereocenters. The van der Waals surface area contributed by atoms with Crippen LogP contribution in [0.15, 0.2) is 0 Å². The maximum absolute atomic E-state index is 10.8. The molecule has 2 N–H and O–H groups in total. The first-order valence-corrected chi connectivity index (χ1v) is 3.13. The first-order chi connectivity index (χ1) is 4.72. The van der Waals surface area contributed by atoms with Gasteiger partial charge in [0.05, 0.1) is 0 Å². The summed E-state index contributed by atoms with van der Waals surface area (Å²) < 4.78 is 0. The minimum absolute atomic E-state index is 0.171. The minimum Gasteiger partial charge on any atom is -0.351 e. The van der Waals surface area contributed by atoms with E-state index >= 15 is 0 Å². The Bertz CT molecular complexity index is 167. The number of primary amides is 1. The Morgan fingerprint density at radius 2 is 2.40 bits per heavy atom. The molecule has 0 aromatic rings. The molecule has 1 saturated heterocycles. The molecule has 3 amide bonds. The molecule has 0 unspecified atom stereocenters. The van der Waals surface area contributed by atoms with Crippen molar-refractivity contribution in [1.82, 2.24) is 4.90 Å². The summed E-state index contributed by atoms with van der Waals surface area (Å²) in [5.74, 6) is -0.171. The van der Waals surface area contributed by atoms with Gasteiger partial charge in [0.25, 0.3) is 0 Å². The molecule has 55 valence electrons. The molecule has 4 heteroatoms. The van der Waals surface area contributed by atoms with Gasteiger partial charge < -0.3 is 5.73 Å². The van der Waals surface area contributed by atoms with Crippen LogP contribution in [0.25, 0.3) is 0 Å². The van der Waals surface area contributed by atoms with E-state index < -0.39 is 6.03 Å². The molecule has 1 rings (SSSR count). The molecule has 1 radical (unpaired) electrons. The van der Waals surface area contributed by atoms with Gasteiger partial charge in [-0.3, -0.25) is 9.69 Å². The zero-order valence-electron chi connectivity index (χ0n) is 5.54. The molecule has 1 heterocycles. The van der Waals surface area contributed by atoms with Crippen molar-refractivity contribution in [3.05, 3.63) is 6.42 Å². The Hall–Kier alpha value is -1.06. The lowest BCUT2D eigenvalue weighted by Crippen LogP contribution is -2.43. The summed E-state index contributed by atoms with van der Waals surface area (Å²) in [5.41, 5.74) is 4.90. The van der Waals surface area contributed by atoms with Crippen LogP contribution in [0.5, 0.6) is 0 Å². The van der Waals surface area contributed by atoms with Crippen LogP contribution in [0.2, 0.25) is 0 Å². The quantitative estimate of drug-likeness (QED) is 0.511. The van der Waals surface area contributed by atoms with Crippen LogP contribution in [0.1, 0.15) is 12.8 Å². The molecule has 1 aliphatic heterocycles. The number of carbonyl (C=O) groups excluding carboxylic acids is 2. The standard InChI is InChI=1S/C6H9N2O2/c7-6(10)8-4-2-1-3-5(8)9/h2H,1,3-4H2,(H2,7,10). The van der Waals surface area contributed by atoms with Crippen LogP contribution >= 0.6 is 0 Å². The number of hydrogen-bond acceptors (Lipinski definition) is 2. The summed E-state index contributed by atoms with van der Waals surface area (Å²) in [6.45, 7) is 0.369. The highest BCUT2D eigenvalue weighted by atomic mass is 16.2. The molecule has 0 spiro atoms. The van der Waals surface area contributed by atoms with Crippen molar-refractivity contribution >= 4 is 11.9 Å². The molecule has 1 aliphatic rings. The van der Waals surface area contributed by atoms with Crippen LogP contribution in [-0.2, 0) is 4.79 Å². The van der Waals surface area contributed by atoms with Gasteiger partial charge in [0.2, 0.25) is 5.91 Å². The summed E-state index contributed by atoms with van der Waals surface area (Å²) in [6.07, 6.45) is 3.03. The number of rotatable bonds is 0. The van der Waals surface area contributed by atoms with E-state index in [0.29, 0.717) is 13.0 Å². The highest BCUT2D eigenvalue weighted by Gasteiger charge is 2.21. The van der Waals surface area contributed by atoms with E-state index in [1.165, 1.54) is 0 Å². The monoisotopic (exact) mass is 141 g/mol. The lowest BCUT2D eigenvalue weighted by atomic mass is 10.1. The Kier molecular flexibility index (Phi) is 1.89. The van der Waals surface area contributed by atoms with Gasteiger partial charge in [-0.25, -0.2) is 4.79 Å². The number of imide groups is 1. The average Bonchev–Trinajstić information content (AvgIpc) is 1.88. The second-order valence-corrected chi connectivity index (χ2v) is 2.17. The fourth-order valence-electron chi connectivity index (χ4n) is 0.896. The summed E-state index contributed by atoms with van der Waals surface area (Å²) in [4.78, 5) is 22.4. The van der Waals surface area contributed by atoms with Crippen molar-refractivity contribution in [2.75, 3.05) is 6.54 Å². The van der Waals surface area contributed by atoms with E-state index in [-0.39, 0.29) is 5.91 Å². The summed E-state index contributed by atoms with van der Waals surface area (Å²) in [6, 6.07) is -0.652. The summed E-state index contributed by atoms with van der Waals surface area (Å²) in [5, 5.41) is 0. The SMILES string of the molecule is NC(=O)N1C[CH]CCC1=O. The van der Waals surface area contributed by atoms with Gasteiger partial charge in [0.15, 0.2) is 0 Å². The fourth-order valence-corrected chi connectivity index (χ4v) is 0.896.